The van der Waals surface area contributed by atoms with Crippen LogP contribution >= 0.6 is 11.6 Å². The largest absolute Gasteiger partial charge is 0.496 e. The van der Waals surface area contributed by atoms with E-state index >= 15 is 0 Å². The quantitative estimate of drug-likeness (QED) is 0.847. The van der Waals surface area contributed by atoms with Crippen molar-refractivity contribution < 1.29 is 13.5 Å². The fraction of sp³-hybridized carbons (Fsp3) is 0.250. The van der Waals surface area contributed by atoms with Crippen LogP contribution < -0.4 is 10.1 Å². The molecule has 0 heterocycles. The van der Waals surface area contributed by atoms with Crippen LogP contribution in [0.25, 0.3) is 0 Å². The molecule has 0 bridgehead atoms. The standard InChI is InChI=1S/C16H16ClF2NO/c1-9-4-5-15(21-3)12(6-9)10(2)20-16-13(17)7-11(18)8-14(16)19/h4-8,10,20H,1-3H3. The third-order valence-electron chi connectivity index (χ3n) is 3.22. The molecule has 0 fully saturated rings. The molecule has 2 nitrogen and oxygen atoms in total. The fourth-order valence-corrected chi connectivity index (χ4v) is 2.42. The molecule has 0 amide bonds. The second-order valence-corrected chi connectivity index (χ2v) is 5.26. The van der Waals surface area contributed by atoms with Gasteiger partial charge in [-0.2, -0.15) is 0 Å². The number of hydrogen-bond acceptors (Lipinski definition) is 2. The molecule has 0 radical (unpaired) electrons. The van der Waals surface area contributed by atoms with E-state index in [1.807, 2.05) is 32.0 Å². The van der Waals surface area contributed by atoms with E-state index in [0.717, 1.165) is 23.3 Å². The number of anilines is 1. The van der Waals surface area contributed by atoms with Crippen LogP contribution in [0.3, 0.4) is 0 Å². The minimum Gasteiger partial charge on any atom is -0.496 e. The number of nitrogens with one attached hydrogen (secondary N) is 1. The number of hydrogen-bond donors (Lipinski definition) is 1. The Morgan fingerprint density at radius 3 is 2.52 bits per heavy atom. The highest BCUT2D eigenvalue weighted by Crippen LogP contribution is 2.33. The normalized spacial score (nSPS) is 12.1. The van der Waals surface area contributed by atoms with Crippen molar-refractivity contribution >= 4 is 17.3 Å². The SMILES string of the molecule is COc1ccc(C)cc1C(C)Nc1c(F)cc(F)cc1Cl. The number of halogens is 3. The van der Waals surface area contributed by atoms with Crippen molar-refractivity contribution in [2.45, 2.75) is 19.9 Å². The highest BCUT2D eigenvalue weighted by molar-refractivity contribution is 6.33. The van der Waals surface area contributed by atoms with Gasteiger partial charge in [-0.1, -0.05) is 29.3 Å². The smallest absolute Gasteiger partial charge is 0.150 e. The second-order valence-electron chi connectivity index (χ2n) is 4.86. The van der Waals surface area contributed by atoms with E-state index in [1.165, 1.54) is 0 Å². The van der Waals surface area contributed by atoms with E-state index in [4.69, 9.17) is 16.3 Å². The van der Waals surface area contributed by atoms with E-state index in [2.05, 4.69) is 5.32 Å². The number of aryl methyl sites for hydroxylation is 1. The summed E-state index contributed by atoms with van der Waals surface area (Å²) in [6.07, 6.45) is 0. The Morgan fingerprint density at radius 2 is 1.90 bits per heavy atom. The minimum absolute atomic E-state index is 0.00553. The summed E-state index contributed by atoms with van der Waals surface area (Å²) >= 11 is 5.90. The molecule has 1 unspecified atom stereocenters. The van der Waals surface area contributed by atoms with Crippen molar-refractivity contribution in [1.82, 2.24) is 0 Å². The Bertz CT molecular complexity index is 638. The summed E-state index contributed by atoms with van der Waals surface area (Å²) in [5.74, 6) is -0.735. The molecule has 1 atom stereocenters. The summed E-state index contributed by atoms with van der Waals surface area (Å²) in [6.45, 7) is 3.82. The van der Waals surface area contributed by atoms with Crippen molar-refractivity contribution in [2.75, 3.05) is 12.4 Å². The van der Waals surface area contributed by atoms with Crippen LogP contribution in [0.5, 0.6) is 5.75 Å². The van der Waals surface area contributed by atoms with Crippen molar-refractivity contribution in [3.8, 4) is 5.75 Å². The Hall–Kier alpha value is -1.81. The molecule has 0 saturated heterocycles. The van der Waals surface area contributed by atoms with Gasteiger partial charge in [0, 0.05) is 11.6 Å². The van der Waals surface area contributed by atoms with Gasteiger partial charge in [-0.05, 0) is 26.0 Å². The topological polar surface area (TPSA) is 21.3 Å². The number of rotatable bonds is 4. The summed E-state index contributed by atoms with van der Waals surface area (Å²) in [7, 11) is 1.58. The molecule has 0 spiro atoms. The van der Waals surface area contributed by atoms with Crippen LogP contribution in [0.1, 0.15) is 24.1 Å². The van der Waals surface area contributed by atoms with Crippen LogP contribution in [0.2, 0.25) is 5.02 Å². The Morgan fingerprint density at radius 1 is 1.19 bits per heavy atom. The Balaban J connectivity index is 2.34. The van der Waals surface area contributed by atoms with Gasteiger partial charge in [0.1, 0.15) is 11.6 Å². The first-order valence-electron chi connectivity index (χ1n) is 6.48. The van der Waals surface area contributed by atoms with Crippen LogP contribution in [0.4, 0.5) is 14.5 Å². The molecule has 2 aromatic rings. The lowest BCUT2D eigenvalue weighted by Gasteiger charge is -2.20. The van der Waals surface area contributed by atoms with Gasteiger partial charge < -0.3 is 10.1 Å². The zero-order chi connectivity index (χ0) is 15.6. The minimum atomic E-state index is -0.724. The van der Waals surface area contributed by atoms with Crippen molar-refractivity contribution in [2.24, 2.45) is 0 Å². The monoisotopic (exact) mass is 311 g/mol. The average Bonchev–Trinajstić information content (AvgIpc) is 2.42. The first-order valence-corrected chi connectivity index (χ1v) is 6.85. The van der Waals surface area contributed by atoms with Gasteiger partial charge in [0.2, 0.25) is 0 Å². The maximum absolute atomic E-state index is 13.8. The fourth-order valence-electron chi connectivity index (χ4n) is 2.17. The summed E-state index contributed by atoms with van der Waals surface area (Å²) in [5, 5.41) is 2.98. The van der Waals surface area contributed by atoms with Crippen molar-refractivity contribution in [3.63, 3.8) is 0 Å². The summed E-state index contributed by atoms with van der Waals surface area (Å²) in [6, 6.07) is 7.36. The number of ether oxygens (including phenoxy) is 1. The van der Waals surface area contributed by atoms with Gasteiger partial charge >= 0.3 is 0 Å². The maximum Gasteiger partial charge on any atom is 0.150 e. The zero-order valence-corrected chi connectivity index (χ0v) is 12.8. The molecule has 0 aromatic heterocycles. The van der Waals surface area contributed by atoms with Crippen LogP contribution in [0, 0.1) is 18.6 Å². The third kappa shape index (κ3) is 3.45. The molecule has 0 aliphatic carbocycles. The molecular weight excluding hydrogens is 296 g/mol. The van der Waals surface area contributed by atoms with Crippen molar-refractivity contribution in [1.29, 1.82) is 0 Å². The lowest BCUT2D eigenvalue weighted by atomic mass is 10.0. The second kappa shape index (κ2) is 6.31. The van der Waals surface area contributed by atoms with Gasteiger partial charge in [-0.3, -0.25) is 0 Å². The first kappa shape index (κ1) is 15.6. The summed E-state index contributed by atoms with van der Waals surface area (Å²) in [5.41, 5.74) is 2.01. The summed E-state index contributed by atoms with van der Waals surface area (Å²) < 4.78 is 32.2. The van der Waals surface area contributed by atoms with E-state index < -0.39 is 11.6 Å². The molecule has 2 rings (SSSR count). The van der Waals surface area contributed by atoms with Gasteiger partial charge in [0.15, 0.2) is 5.82 Å². The van der Waals surface area contributed by atoms with E-state index in [1.54, 1.807) is 7.11 Å². The third-order valence-corrected chi connectivity index (χ3v) is 3.52. The van der Waals surface area contributed by atoms with Crippen molar-refractivity contribution in [3.05, 3.63) is 58.1 Å². The van der Waals surface area contributed by atoms with Crippen LogP contribution in [-0.4, -0.2) is 7.11 Å². The summed E-state index contributed by atoms with van der Waals surface area (Å²) in [4.78, 5) is 0. The molecular formula is C16H16ClF2NO. The predicted molar refractivity (Wildman–Crippen MR) is 81.1 cm³/mol. The van der Waals surface area contributed by atoms with Gasteiger partial charge in [0.25, 0.3) is 0 Å². The van der Waals surface area contributed by atoms with E-state index in [9.17, 15) is 8.78 Å². The average molecular weight is 312 g/mol. The molecule has 0 aliphatic rings. The Labute approximate surface area is 127 Å². The first-order chi connectivity index (χ1) is 9.92. The lowest BCUT2D eigenvalue weighted by Crippen LogP contribution is -2.10. The molecule has 0 saturated carbocycles. The predicted octanol–water partition coefficient (Wildman–Crippen LogP) is 5.11. The van der Waals surface area contributed by atoms with Gasteiger partial charge in [0.05, 0.1) is 23.9 Å². The molecule has 21 heavy (non-hydrogen) atoms. The van der Waals surface area contributed by atoms with E-state index in [-0.39, 0.29) is 16.8 Å². The number of benzene rings is 2. The molecule has 2 aromatic carbocycles. The molecule has 1 N–H and O–H groups in total. The molecule has 112 valence electrons. The van der Waals surface area contributed by atoms with E-state index in [0.29, 0.717) is 5.75 Å². The highest BCUT2D eigenvalue weighted by atomic mass is 35.5. The van der Waals surface area contributed by atoms with Crippen LogP contribution in [-0.2, 0) is 0 Å². The maximum atomic E-state index is 13.8. The van der Waals surface area contributed by atoms with Gasteiger partial charge in [-0.25, -0.2) is 8.78 Å². The highest BCUT2D eigenvalue weighted by Gasteiger charge is 2.16. The Kier molecular flexibility index (Phi) is 4.68. The van der Waals surface area contributed by atoms with Gasteiger partial charge in [-0.15, -0.1) is 0 Å². The van der Waals surface area contributed by atoms with Crippen LogP contribution in [0.15, 0.2) is 30.3 Å². The molecule has 5 heteroatoms. The zero-order valence-electron chi connectivity index (χ0n) is 12.0. The number of methoxy groups -OCH3 is 1. The molecule has 0 aliphatic heterocycles. The lowest BCUT2D eigenvalue weighted by molar-refractivity contribution is 0.407.